The Bertz CT molecular complexity index is 1100. The highest BCUT2D eigenvalue weighted by atomic mass is 16.5. The molecular weight excluding hydrogens is 366 g/mol. The van der Waals surface area contributed by atoms with E-state index in [0.29, 0.717) is 36.4 Å². The van der Waals surface area contributed by atoms with E-state index in [1.807, 2.05) is 48.0 Å². The first-order valence-corrected chi connectivity index (χ1v) is 10.2. The van der Waals surface area contributed by atoms with Gasteiger partial charge in [-0.25, -0.2) is 4.98 Å². The summed E-state index contributed by atoms with van der Waals surface area (Å²) in [6.45, 7) is 5.12. The molecule has 2 aromatic heterocycles. The number of nitrogens with one attached hydrogen (secondary N) is 2. The molecule has 4 heterocycles. The lowest BCUT2D eigenvalue weighted by Crippen LogP contribution is -2.28. The molecular formula is C22H25N5O2. The van der Waals surface area contributed by atoms with E-state index >= 15 is 0 Å². The van der Waals surface area contributed by atoms with Crippen molar-refractivity contribution in [3.63, 3.8) is 0 Å². The number of rotatable bonds is 4. The van der Waals surface area contributed by atoms with Gasteiger partial charge in [-0.15, -0.1) is 0 Å². The number of aryl methyl sites for hydroxylation is 1. The highest BCUT2D eigenvalue weighted by Crippen LogP contribution is 2.27. The van der Waals surface area contributed by atoms with Gasteiger partial charge in [0, 0.05) is 36.3 Å². The minimum atomic E-state index is -0.0190. The van der Waals surface area contributed by atoms with Crippen LogP contribution in [0.4, 0.5) is 5.95 Å². The second-order valence-corrected chi connectivity index (χ2v) is 7.87. The predicted molar refractivity (Wildman–Crippen MR) is 113 cm³/mol. The Morgan fingerprint density at radius 2 is 2.14 bits per heavy atom. The van der Waals surface area contributed by atoms with Crippen LogP contribution in [0.1, 0.15) is 24.4 Å². The molecule has 2 aliphatic rings. The number of aromatic nitrogens is 3. The Labute approximate surface area is 169 Å². The van der Waals surface area contributed by atoms with Crippen LogP contribution >= 0.6 is 0 Å². The van der Waals surface area contributed by atoms with Crippen LogP contribution in [0.15, 0.2) is 41.3 Å². The van der Waals surface area contributed by atoms with Crippen molar-refractivity contribution in [3.05, 3.63) is 52.4 Å². The van der Waals surface area contributed by atoms with Crippen LogP contribution in [0.25, 0.3) is 22.2 Å². The summed E-state index contributed by atoms with van der Waals surface area (Å²) < 4.78 is 7.42. The fraction of sp³-hybridized carbons (Fsp3) is 0.409. The normalized spacial score (nSPS) is 21.7. The molecule has 0 spiro atoms. The summed E-state index contributed by atoms with van der Waals surface area (Å²) in [5, 5.41) is 7.60. The molecule has 0 saturated carbocycles. The second kappa shape index (κ2) is 7.57. The van der Waals surface area contributed by atoms with E-state index in [4.69, 9.17) is 9.72 Å². The largest absolute Gasteiger partial charge is 0.379 e. The first-order valence-electron chi connectivity index (χ1n) is 10.2. The van der Waals surface area contributed by atoms with Gasteiger partial charge in [0.05, 0.1) is 12.6 Å². The van der Waals surface area contributed by atoms with E-state index in [1.165, 1.54) is 0 Å². The van der Waals surface area contributed by atoms with Gasteiger partial charge in [-0.2, -0.15) is 4.98 Å². The molecule has 29 heavy (non-hydrogen) atoms. The average Bonchev–Trinajstić information content (AvgIpc) is 3.43. The standard InChI is InChI=1S/C22H25N5O2/c1-14-4-2-3-5-18(14)19-10-15-11-24-22(25-16-6-8-23-12-16)26-20(15)27(21(19)28)17-7-9-29-13-17/h2-5,10-11,16-17,23H,6-9,12-13H2,1H3,(H,24,25,26)/t16-,17?/m0/s1. The maximum absolute atomic E-state index is 13.6. The third-order valence-corrected chi connectivity index (χ3v) is 5.87. The fourth-order valence-electron chi connectivity index (χ4n) is 4.28. The minimum Gasteiger partial charge on any atom is -0.379 e. The van der Waals surface area contributed by atoms with Crippen molar-refractivity contribution in [2.75, 3.05) is 31.6 Å². The van der Waals surface area contributed by atoms with E-state index in [2.05, 4.69) is 15.6 Å². The molecule has 2 N–H and O–H groups in total. The first kappa shape index (κ1) is 18.3. The summed E-state index contributed by atoms with van der Waals surface area (Å²) in [6.07, 6.45) is 3.67. The first-order chi connectivity index (χ1) is 14.2. The number of fused-ring (bicyclic) bond motifs is 1. The van der Waals surface area contributed by atoms with Gasteiger partial charge in [-0.05, 0) is 43.5 Å². The van der Waals surface area contributed by atoms with E-state index in [0.717, 1.165) is 42.4 Å². The van der Waals surface area contributed by atoms with Gasteiger partial charge < -0.3 is 15.4 Å². The van der Waals surface area contributed by atoms with Crippen LogP contribution in [-0.2, 0) is 4.74 Å². The summed E-state index contributed by atoms with van der Waals surface area (Å²) in [7, 11) is 0. The van der Waals surface area contributed by atoms with Crippen LogP contribution in [0.2, 0.25) is 0 Å². The molecule has 2 saturated heterocycles. The fourth-order valence-corrected chi connectivity index (χ4v) is 4.28. The van der Waals surface area contributed by atoms with E-state index in [1.54, 1.807) is 0 Å². The van der Waals surface area contributed by atoms with Crippen molar-refractivity contribution >= 4 is 17.0 Å². The number of anilines is 1. The summed E-state index contributed by atoms with van der Waals surface area (Å²) in [4.78, 5) is 22.9. The van der Waals surface area contributed by atoms with Crippen molar-refractivity contribution in [2.24, 2.45) is 0 Å². The molecule has 2 atom stereocenters. The van der Waals surface area contributed by atoms with Gasteiger partial charge in [0.25, 0.3) is 5.56 Å². The highest BCUT2D eigenvalue weighted by Gasteiger charge is 2.24. The van der Waals surface area contributed by atoms with Gasteiger partial charge >= 0.3 is 0 Å². The summed E-state index contributed by atoms with van der Waals surface area (Å²) in [5.74, 6) is 0.571. The lowest BCUT2D eigenvalue weighted by molar-refractivity contribution is 0.186. The van der Waals surface area contributed by atoms with Crippen molar-refractivity contribution in [1.29, 1.82) is 0 Å². The highest BCUT2D eigenvalue weighted by molar-refractivity contribution is 5.82. The summed E-state index contributed by atoms with van der Waals surface area (Å²) in [5.41, 5.74) is 3.37. The zero-order chi connectivity index (χ0) is 19.8. The lowest BCUT2D eigenvalue weighted by Gasteiger charge is -2.19. The molecule has 3 aromatic rings. The van der Waals surface area contributed by atoms with E-state index in [-0.39, 0.29) is 11.6 Å². The van der Waals surface area contributed by atoms with Gasteiger partial charge in [0.15, 0.2) is 0 Å². The molecule has 0 amide bonds. The Kier molecular flexibility index (Phi) is 4.77. The zero-order valence-corrected chi connectivity index (χ0v) is 16.5. The van der Waals surface area contributed by atoms with Gasteiger partial charge in [-0.3, -0.25) is 9.36 Å². The van der Waals surface area contributed by atoms with Crippen molar-refractivity contribution < 1.29 is 4.74 Å². The SMILES string of the molecule is Cc1ccccc1-c1cc2cnc(N[C@H]3CCNC3)nc2n(C2CCOC2)c1=O. The smallest absolute Gasteiger partial charge is 0.260 e. The number of benzene rings is 1. The number of ether oxygens (including phenoxy) is 1. The van der Waals surface area contributed by atoms with Crippen LogP contribution in [0, 0.1) is 6.92 Å². The lowest BCUT2D eigenvalue weighted by atomic mass is 10.0. The van der Waals surface area contributed by atoms with Crippen LogP contribution in [0.3, 0.4) is 0 Å². The van der Waals surface area contributed by atoms with E-state index in [9.17, 15) is 4.79 Å². The Morgan fingerprint density at radius 3 is 2.90 bits per heavy atom. The minimum absolute atomic E-state index is 0.00938. The molecule has 1 unspecified atom stereocenters. The van der Waals surface area contributed by atoms with Crippen molar-refractivity contribution in [1.82, 2.24) is 19.9 Å². The molecule has 0 aliphatic carbocycles. The zero-order valence-electron chi connectivity index (χ0n) is 16.5. The summed E-state index contributed by atoms with van der Waals surface area (Å²) in [6, 6.07) is 10.2. The molecule has 0 bridgehead atoms. The van der Waals surface area contributed by atoms with Crippen LogP contribution in [-0.4, -0.2) is 46.9 Å². The van der Waals surface area contributed by atoms with Gasteiger partial charge in [0.2, 0.25) is 5.95 Å². The molecule has 2 fully saturated rings. The number of hydrogen-bond acceptors (Lipinski definition) is 6. The van der Waals surface area contributed by atoms with Crippen molar-refractivity contribution in [3.8, 4) is 11.1 Å². The Hall–Kier alpha value is -2.77. The molecule has 1 aromatic carbocycles. The number of pyridine rings is 1. The van der Waals surface area contributed by atoms with Crippen molar-refractivity contribution in [2.45, 2.75) is 31.8 Å². The molecule has 150 valence electrons. The molecule has 0 radical (unpaired) electrons. The van der Waals surface area contributed by atoms with Gasteiger partial charge in [0.1, 0.15) is 5.65 Å². The molecule has 5 rings (SSSR count). The number of nitrogens with zero attached hydrogens (tertiary/aromatic N) is 3. The van der Waals surface area contributed by atoms with Gasteiger partial charge in [-0.1, -0.05) is 24.3 Å². The Balaban J connectivity index is 1.68. The molecule has 7 heteroatoms. The topological polar surface area (TPSA) is 81.1 Å². The molecule has 7 nitrogen and oxygen atoms in total. The monoisotopic (exact) mass is 391 g/mol. The van der Waals surface area contributed by atoms with E-state index < -0.39 is 0 Å². The third-order valence-electron chi connectivity index (χ3n) is 5.87. The maximum atomic E-state index is 13.6. The third kappa shape index (κ3) is 3.41. The number of hydrogen-bond donors (Lipinski definition) is 2. The van der Waals surface area contributed by atoms with Crippen LogP contribution < -0.4 is 16.2 Å². The maximum Gasteiger partial charge on any atom is 0.260 e. The summed E-state index contributed by atoms with van der Waals surface area (Å²) >= 11 is 0. The Morgan fingerprint density at radius 1 is 1.24 bits per heavy atom. The quantitative estimate of drug-likeness (QED) is 0.711. The van der Waals surface area contributed by atoms with Crippen LogP contribution in [0.5, 0.6) is 0 Å². The predicted octanol–water partition coefficient (Wildman–Crippen LogP) is 2.50. The molecule has 2 aliphatic heterocycles. The second-order valence-electron chi connectivity index (χ2n) is 7.87. The average molecular weight is 391 g/mol.